The SMILES string of the molecule is O=C1C(c2ccccc2)=C(N2CCc3ccccc32)C(=O)N1c1ccc(F)c(Cl)c1. The highest BCUT2D eigenvalue weighted by molar-refractivity contribution is 6.46. The maximum Gasteiger partial charge on any atom is 0.282 e. The van der Waals surface area contributed by atoms with Gasteiger partial charge in [-0.15, -0.1) is 0 Å². The first kappa shape index (κ1) is 18.6. The number of carbonyl (C=O) groups excluding carboxylic acids is 2. The van der Waals surface area contributed by atoms with Gasteiger partial charge in [0.05, 0.1) is 16.3 Å². The van der Waals surface area contributed by atoms with Crippen LogP contribution in [0.4, 0.5) is 15.8 Å². The van der Waals surface area contributed by atoms with Crippen LogP contribution in [-0.4, -0.2) is 18.4 Å². The highest BCUT2D eigenvalue weighted by Gasteiger charge is 2.44. The van der Waals surface area contributed by atoms with Crippen molar-refractivity contribution in [2.75, 3.05) is 16.3 Å². The van der Waals surface area contributed by atoms with Crippen LogP contribution in [0.3, 0.4) is 0 Å². The number of para-hydroxylation sites is 1. The molecule has 3 aromatic carbocycles. The number of amides is 2. The van der Waals surface area contributed by atoms with Crippen LogP contribution in [-0.2, 0) is 16.0 Å². The molecule has 0 aromatic heterocycles. The number of hydrogen-bond donors (Lipinski definition) is 0. The van der Waals surface area contributed by atoms with Gasteiger partial charge < -0.3 is 4.90 Å². The van der Waals surface area contributed by atoms with Gasteiger partial charge in [0.25, 0.3) is 11.8 Å². The Morgan fingerprint density at radius 1 is 0.867 bits per heavy atom. The average molecular weight is 419 g/mol. The molecule has 0 aliphatic carbocycles. The predicted octanol–water partition coefficient (Wildman–Crippen LogP) is 4.83. The Morgan fingerprint density at radius 3 is 2.37 bits per heavy atom. The van der Waals surface area contributed by atoms with Crippen LogP contribution in [0.1, 0.15) is 11.1 Å². The van der Waals surface area contributed by atoms with E-state index in [0.717, 1.165) is 28.6 Å². The van der Waals surface area contributed by atoms with Gasteiger partial charge in [0, 0.05) is 12.2 Å². The van der Waals surface area contributed by atoms with Gasteiger partial charge in [0.2, 0.25) is 0 Å². The van der Waals surface area contributed by atoms with Gasteiger partial charge in [-0.05, 0) is 41.8 Å². The summed E-state index contributed by atoms with van der Waals surface area (Å²) in [6.07, 6.45) is 0.783. The van der Waals surface area contributed by atoms with Crippen molar-refractivity contribution in [2.45, 2.75) is 6.42 Å². The Morgan fingerprint density at radius 2 is 1.60 bits per heavy atom. The molecular formula is C24H16ClFN2O2. The molecule has 0 fully saturated rings. The first-order valence-electron chi connectivity index (χ1n) is 9.55. The minimum atomic E-state index is -0.607. The summed E-state index contributed by atoms with van der Waals surface area (Å²) >= 11 is 5.92. The lowest BCUT2D eigenvalue weighted by atomic mass is 10.0. The fourth-order valence-corrected chi connectivity index (χ4v) is 4.24. The zero-order chi connectivity index (χ0) is 20.8. The number of carbonyl (C=O) groups is 2. The van der Waals surface area contributed by atoms with E-state index in [1.165, 1.54) is 12.1 Å². The summed E-state index contributed by atoms with van der Waals surface area (Å²) in [4.78, 5) is 30.0. The molecule has 0 bridgehead atoms. The van der Waals surface area contributed by atoms with E-state index in [1.54, 1.807) is 0 Å². The Hall–Kier alpha value is -3.44. The summed E-state index contributed by atoms with van der Waals surface area (Å²) in [6.45, 7) is 0.599. The van der Waals surface area contributed by atoms with E-state index in [1.807, 2.05) is 59.5 Å². The summed E-state index contributed by atoms with van der Waals surface area (Å²) in [5.41, 5.74) is 3.61. The molecule has 4 nitrogen and oxygen atoms in total. The average Bonchev–Trinajstić information content (AvgIpc) is 3.29. The molecule has 2 heterocycles. The summed E-state index contributed by atoms with van der Waals surface area (Å²) in [5, 5.41) is -0.144. The molecule has 0 unspecified atom stereocenters. The standard InChI is InChI=1S/C24H16ClFN2O2/c25-18-14-17(10-11-19(18)26)28-23(29)21(16-7-2-1-3-8-16)22(24(28)30)27-13-12-15-6-4-5-9-20(15)27/h1-11,14H,12-13H2. The summed E-state index contributed by atoms with van der Waals surface area (Å²) < 4.78 is 13.7. The van der Waals surface area contributed by atoms with E-state index >= 15 is 0 Å². The first-order chi connectivity index (χ1) is 14.6. The minimum Gasteiger partial charge on any atom is -0.336 e. The topological polar surface area (TPSA) is 40.6 Å². The van der Waals surface area contributed by atoms with Crippen LogP contribution in [0.15, 0.2) is 78.5 Å². The molecule has 0 radical (unpaired) electrons. The van der Waals surface area contributed by atoms with E-state index in [4.69, 9.17) is 11.6 Å². The number of anilines is 2. The largest absolute Gasteiger partial charge is 0.336 e. The number of benzene rings is 3. The van der Waals surface area contributed by atoms with Crippen LogP contribution < -0.4 is 9.80 Å². The van der Waals surface area contributed by atoms with Crippen molar-refractivity contribution in [2.24, 2.45) is 0 Å². The van der Waals surface area contributed by atoms with Gasteiger partial charge in [0.1, 0.15) is 11.5 Å². The molecule has 0 atom stereocenters. The molecule has 6 heteroatoms. The van der Waals surface area contributed by atoms with Gasteiger partial charge in [-0.1, -0.05) is 60.1 Å². The zero-order valence-electron chi connectivity index (χ0n) is 15.8. The van der Waals surface area contributed by atoms with Crippen molar-refractivity contribution in [3.05, 3.63) is 100 Å². The first-order valence-corrected chi connectivity index (χ1v) is 9.93. The lowest BCUT2D eigenvalue weighted by Crippen LogP contribution is -2.34. The third-order valence-corrected chi connectivity index (χ3v) is 5.73. The predicted molar refractivity (Wildman–Crippen MR) is 115 cm³/mol. The molecule has 0 saturated heterocycles. The molecule has 30 heavy (non-hydrogen) atoms. The van der Waals surface area contributed by atoms with Crippen LogP contribution in [0.2, 0.25) is 5.02 Å². The molecule has 0 N–H and O–H groups in total. The number of nitrogens with zero attached hydrogens (tertiary/aromatic N) is 2. The third kappa shape index (κ3) is 2.82. The van der Waals surface area contributed by atoms with Crippen LogP contribution in [0.5, 0.6) is 0 Å². The molecular weight excluding hydrogens is 403 g/mol. The molecule has 5 rings (SSSR count). The Labute approximate surface area is 177 Å². The lowest BCUT2D eigenvalue weighted by Gasteiger charge is -2.22. The maximum atomic E-state index is 13.7. The molecule has 148 valence electrons. The highest BCUT2D eigenvalue weighted by Crippen LogP contribution is 2.40. The summed E-state index contributed by atoms with van der Waals surface area (Å²) in [7, 11) is 0. The second kappa shape index (κ2) is 7.11. The van der Waals surface area contributed by atoms with Gasteiger partial charge in [0.15, 0.2) is 0 Å². The lowest BCUT2D eigenvalue weighted by molar-refractivity contribution is -0.120. The van der Waals surface area contributed by atoms with Crippen LogP contribution in [0.25, 0.3) is 5.57 Å². The molecule has 3 aromatic rings. The van der Waals surface area contributed by atoms with Crippen molar-refractivity contribution in [1.29, 1.82) is 0 Å². The summed E-state index contributed by atoms with van der Waals surface area (Å²) in [5.74, 6) is -1.50. The molecule has 0 saturated carbocycles. The normalized spacial score (nSPS) is 15.9. The minimum absolute atomic E-state index is 0.144. The Bertz CT molecular complexity index is 1220. The Balaban J connectivity index is 1.68. The van der Waals surface area contributed by atoms with Gasteiger partial charge in [-0.2, -0.15) is 0 Å². The van der Waals surface area contributed by atoms with E-state index in [-0.39, 0.29) is 10.7 Å². The van der Waals surface area contributed by atoms with Crippen molar-refractivity contribution >= 4 is 40.4 Å². The molecule has 2 amide bonds. The highest BCUT2D eigenvalue weighted by atomic mass is 35.5. The van der Waals surface area contributed by atoms with Crippen molar-refractivity contribution < 1.29 is 14.0 Å². The Kier molecular flexibility index (Phi) is 4.40. The number of fused-ring (bicyclic) bond motifs is 1. The van der Waals surface area contributed by atoms with Crippen LogP contribution in [0, 0.1) is 5.82 Å². The van der Waals surface area contributed by atoms with E-state index < -0.39 is 17.6 Å². The molecule has 0 spiro atoms. The maximum absolute atomic E-state index is 13.7. The quantitative estimate of drug-likeness (QED) is 0.572. The third-order valence-electron chi connectivity index (χ3n) is 5.44. The number of hydrogen-bond acceptors (Lipinski definition) is 3. The van der Waals surface area contributed by atoms with Crippen LogP contribution >= 0.6 is 11.6 Å². The van der Waals surface area contributed by atoms with E-state index in [0.29, 0.717) is 23.4 Å². The fourth-order valence-electron chi connectivity index (χ4n) is 4.06. The zero-order valence-corrected chi connectivity index (χ0v) is 16.6. The smallest absolute Gasteiger partial charge is 0.282 e. The van der Waals surface area contributed by atoms with Crippen molar-refractivity contribution in [1.82, 2.24) is 0 Å². The monoisotopic (exact) mass is 418 g/mol. The van der Waals surface area contributed by atoms with Gasteiger partial charge >= 0.3 is 0 Å². The van der Waals surface area contributed by atoms with Gasteiger partial charge in [-0.25, -0.2) is 9.29 Å². The van der Waals surface area contributed by atoms with Crippen molar-refractivity contribution in [3.63, 3.8) is 0 Å². The molecule has 2 aliphatic heterocycles. The second-order valence-corrected chi connectivity index (χ2v) is 7.57. The number of rotatable bonds is 3. The second-order valence-electron chi connectivity index (χ2n) is 7.16. The fraction of sp³-hybridized carbons (Fsp3) is 0.0833. The number of halogens is 2. The summed E-state index contributed by atoms with van der Waals surface area (Å²) in [6, 6.07) is 20.8. The van der Waals surface area contributed by atoms with Gasteiger partial charge in [-0.3, -0.25) is 9.59 Å². The number of imide groups is 1. The van der Waals surface area contributed by atoms with E-state index in [9.17, 15) is 14.0 Å². The molecule has 2 aliphatic rings. The van der Waals surface area contributed by atoms with E-state index in [2.05, 4.69) is 0 Å². The van der Waals surface area contributed by atoms with Crippen molar-refractivity contribution in [3.8, 4) is 0 Å².